The van der Waals surface area contributed by atoms with Crippen LogP contribution in [0.25, 0.3) is 75.1 Å². The molecule has 230 valence electrons. The fraction of sp³-hybridized carbons (Fsp3) is 0. The SMILES string of the molecule is c1cc(-c2cccc3ccccc23)cc(N(c2ccccc2-c2ccc3c(c2)sc2ccccc23)c2cccc3oc4ccccc4c23)c1. The Morgan fingerprint density at radius 3 is 2.02 bits per heavy atom. The quantitative estimate of drug-likeness (QED) is 0.186. The summed E-state index contributed by atoms with van der Waals surface area (Å²) in [5, 5.41) is 7.30. The monoisotopic (exact) mass is 643 g/mol. The molecule has 8 aromatic carbocycles. The van der Waals surface area contributed by atoms with Crippen LogP contribution in [0.5, 0.6) is 0 Å². The maximum Gasteiger partial charge on any atom is 0.137 e. The molecule has 0 spiro atoms. The lowest BCUT2D eigenvalue weighted by Crippen LogP contribution is -2.11. The van der Waals surface area contributed by atoms with Crippen LogP contribution in [0.2, 0.25) is 0 Å². The first-order valence-electron chi connectivity index (χ1n) is 16.6. The largest absolute Gasteiger partial charge is 0.456 e. The molecule has 0 saturated heterocycles. The molecule has 0 N–H and O–H groups in total. The summed E-state index contributed by atoms with van der Waals surface area (Å²) in [7, 11) is 0. The summed E-state index contributed by atoms with van der Waals surface area (Å²) >= 11 is 1.86. The molecule has 0 aliphatic carbocycles. The molecule has 0 amide bonds. The van der Waals surface area contributed by atoms with E-state index in [0.717, 1.165) is 39.0 Å². The van der Waals surface area contributed by atoms with E-state index in [4.69, 9.17) is 4.42 Å². The van der Waals surface area contributed by atoms with Crippen LogP contribution in [0.3, 0.4) is 0 Å². The molecule has 0 aliphatic heterocycles. The third kappa shape index (κ3) is 4.55. The van der Waals surface area contributed by atoms with Gasteiger partial charge in [0, 0.05) is 36.8 Å². The van der Waals surface area contributed by atoms with Crippen LogP contribution in [-0.2, 0) is 0 Å². The molecule has 0 aliphatic rings. The van der Waals surface area contributed by atoms with E-state index >= 15 is 0 Å². The highest BCUT2D eigenvalue weighted by Gasteiger charge is 2.22. The summed E-state index contributed by atoms with van der Waals surface area (Å²) in [6, 6.07) is 63.3. The van der Waals surface area contributed by atoms with Crippen molar-refractivity contribution in [2.24, 2.45) is 0 Å². The van der Waals surface area contributed by atoms with E-state index in [-0.39, 0.29) is 0 Å². The van der Waals surface area contributed by atoms with E-state index in [1.54, 1.807) is 0 Å². The van der Waals surface area contributed by atoms with Gasteiger partial charge >= 0.3 is 0 Å². The lowest BCUT2D eigenvalue weighted by atomic mass is 9.97. The van der Waals surface area contributed by atoms with Crippen LogP contribution in [0, 0.1) is 0 Å². The molecular formula is C46H29NOS. The second-order valence-electron chi connectivity index (χ2n) is 12.5. The van der Waals surface area contributed by atoms with Gasteiger partial charge in [-0.15, -0.1) is 11.3 Å². The van der Waals surface area contributed by atoms with E-state index in [9.17, 15) is 0 Å². The molecule has 3 heteroatoms. The summed E-state index contributed by atoms with van der Waals surface area (Å²) in [6.45, 7) is 0. The summed E-state index contributed by atoms with van der Waals surface area (Å²) < 4.78 is 9.03. The number of anilines is 3. The minimum Gasteiger partial charge on any atom is -0.456 e. The molecule has 0 saturated carbocycles. The fourth-order valence-corrected chi connectivity index (χ4v) is 8.59. The lowest BCUT2D eigenvalue weighted by Gasteiger charge is -2.29. The Morgan fingerprint density at radius 2 is 1.06 bits per heavy atom. The average Bonchev–Trinajstić information content (AvgIpc) is 3.73. The zero-order chi connectivity index (χ0) is 32.3. The van der Waals surface area contributed by atoms with Crippen LogP contribution < -0.4 is 4.90 Å². The molecule has 0 fully saturated rings. The highest BCUT2D eigenvalue weighted by Crippen LogP contribution is 2.47. The van der Waals surface area contributed by atoms with Gasteiger partial charge in [-0.2, -0.15) is 0 Å². The van der Waals surface area contributed by atoms with Gasteiger partial charge in [-0.1, -0.05) is 127 Å². The molecule has 2 nitrogen and oxygen atoms in total. The first-order chi connectivity index (χ1) is 24.3. The minimum atomic E-state index is 0.873. The van der Waals surface area contributed by atoms with E-state index in [1.165, 1.54) is 53.2 Å². The fourth-order valence-electron chi connectivity index (χ4n) is 7.45. The number of hydrogen-bond donors (Lipinski definition) is 0. The topological polar surface area (TPSA) is 16.4 Å². The number of thiophene rings is 1. The number of benzene rings is 8. The third-order valence-electron chi connectivity index (χ3n) is 9.66. The Labute approximate surface area is 287 Å². The highest BCUT2D eigenvalue weighted by molar-refractivity contribution is 7.25. The number of rotatable bonds is 5. The molecule has 2 heterocycles. The second-order valence-corrected chi connectivity index (χ2v) is 13.6. The number of furan rings is 1. The van der Waals surface area contributed by atoms with Crippen LogP contribution in [0.1, 0.15) is 0 Å². The van der Waals surface area contributed by atoms with Gasteiger partial charge in [0.05, 0.1) is 16.8 Å². The normalized spacial score (nSPS) is 11.7. The predicted octanol–water partition coefficient (Wildman–Crippen LogP) is 13.9. The molecule has 10 rings (SSSR count). The van der Waals surface area contributed by atoms with Crippen molar-refractivity contribution in [3.63, 3.8) is 0 Å². The summed E-state index contributed by atoms with van der Waals surface area (Å²) in [6.07, 6.45) is 0. The zero-order valence-corrected chi connectivity index (χ0v) is 27.3. The van der Waals surface area contributed by atoms with Crippen LogP contribution >= 0.6 is 11.3 Å². The molecule has 49 heavy (non-hydrogen) atoms. The van der Waals surface area contributed by atoms with E-state index in [0.29, 0.717) is 0 Å². The Bertz CT molecular complexity index is 2850. The van der Waals surface area contributed by atoms with Gasteiger partial charge in [-0.25, -0.2) is 0 Å². The highest BCUT2D eigenvalue weighted by atomic mass is 32.1. The van der Waals surface area contributed by atoms with Gasteiger partial charge in [0.15, 0.2) is 0 Å². The number of para-hydroxylation sites is 2. The minimum absolute atomic E-state index is 0.873. The van der Waals surface area contributed by atoms with Crippen LogP contribution in [0.15, 0.2) is 180 Å². The average molecular weight is 644 g/mol. The van der Waals surface area contributed by atoms with E-state index in [1.807, 2.05) is 17.4 Å². The van der Waals surface area contributed by atoms with Crippen molar-refractivity contribution in [3.8, 4) is 22.3 Å². The Balaban J connectivity index is 1.23. The molecule has 0 bridgehead atoms. The van der Waals surface area contributed by atoms with Crippen LogP contribution in [0.4, 0.5) is 17.1 Å². The predicted molar refractivity (Wildman–Crippen MR) is 210 cm³/mol. The summed E-state index contributed by atoms with van der Waals surface area (Å²) in [5.74, 6) is 0. The Morgan fingerprint density at radius 1 is 0.408 bits per heavy atom. The molecule has 0 unspecified atom stereocenters. The number of hydrogen-bond acceptors (Lipinski definition) is 3. The van der Waals surface area contributed by atoms with E-state index < -0.39 is 0 Å². The lowest BCUT2D eigenvalue weighted by molar-refractivity contribution is 0.669. The van der Waals surface area contributed by atoms with Gasteiger partial charge in [-0.3, -0.25) is 0 Å². The maximum absolute atomic E-state index is 6.42. The molecule has 10 aromatic rings. The standard InChI is InChI=1S/C46H29NOS/c1-2-16-34-30(12-1)13-10-20-35(34)31-14-9-15-33(28-31)47(41-22-11-24-43-46(41)39-19-4-7-23-42(39)48-43)40-21-6-3-17-36(40)32-26-27-38-37-18-5-8-25-44(37)49-45(38)29-32/h1-29H. The Hall–Kier alpha value is -6.16. The van der Waals surface area contributed by atoms with Crippen molar-refractivity contribution in [3.05, 3.63) is 176 Å². The van der Waals surface area contributed by atoms with Gasteiger partial charge in [0.2, 0.25) is 0 Å². The van der Waals surface area contributed by atoms with Crippen molar-refractivity contribution in [1.29, 1.82) is 0 Å². The summed E-state index contributed by atoms with van der Waals surface area (Å²) in [5.41, 5.74) is 9.78. The van der Waals surface area contributed by atoms with Gasteiger partial charge in [-0.05, 0) is 76.0 Å². The molecule has 0 atom stereocenters. The molecule has 2 aromatic heterocycles. The third-order valence-corrected chi connectivity index (χ3v) is 10.8. The number of fused-ring (bicyclic) bond motifs is 7. The van der Waals surface area contributed by atoms with Crippen LogP contribution in [-0.4, -0.2) is 0 Å². The second kappa shape index (κ2) is 11.2. The van der Waals surface area contributed by atoms with Crippen molar-refractivity contribution in [2.75, 3.05) is 4.90 Å². The Kier molecular flexibility index (Phi) is 6.39. The zero-order valence-electron chi connectivity index (χ0n) is 26.5. The first-order valence-corrected chi connectivity index (χ1v) is 17.4. The van der Waals surface area contributed by atoms with Crippen molar-refractivity contribution in [2.45, 2.75) is 0 Å². The number of nitrogens with zero attached hydrogens (tertiary/aromatic N) is 1. The van der Waals surface area contributed by atoms with Gasteiger partial charge in [0.25, 0.3) is 0 Å². The van der Waals surface area contributed by atoms with E-state index in [2.05, 4.69) is 175 Å². The first kappa shape index (κ1) is 27.9. The molecular weight excluding hydrogens is 615 g/mol. The van der Waals surface area contributed by atoms with Crippen molar-refractivity contribution in [1.82, 2.24) is 0 Å². The van der Waals surface area contributed by atoms with Gasteiger partial charge < -0.3 is 9.32 Å². The van der Waals surface area contributed by atoms with Crippen molar-refractivity contribution < 1.29 is 4.42 Å². The van der Waals surface area contributed by atoms with Crippen molar-refractivity contribution >= 4 is 81.3 Å². The molecule has 0 radical (unpaired) electrons. The smallest absolute Gasteiger partial charge is 0.137 e. The van der Waals surface area contributed by atoms with Gasteiger partial charge in [0.1, 0.15) is 11.2 Å². The maximum atomic E-state index is 6.42. The summed E-state index contributed by atoms with van der Waals surface area (Å²) in [4.78, 5) is 2.42.